The molecule has 7 nitrogen and oxygen atoms in total. The molecule has 0 unspecified atom stereocenters. The smallest absolute Gasteiger partial charge is 0.416 e. The van der Waals surface area contributed by atoms with Crippen LogP contribution >= 0.6 is 0 Å². The van der Waals surface area contributed by atoms with Gasteiger partial charge < -0.3 is 4.74 Å². The van der Waals surface area contributed by atoms with Gasteiger partial charge in [-0.05, 0) is 37.3 Å². The van der Waals surface area contributed by atoms with Crippen LogP contribution in [0.25, 0.3) is 16.7 Å². The van der Waals surface area contributed by atoms with Gasteiger partial charge in [0.1, 0.15) is 24.1 Å². The van der Waals surface area contributed by atoms with E-state index in [1.807, 2.05) is 0 Å². The molecule has 164 valence electrons. The van der Waals surface area contributed by atoms with E-state index in [2.05, 4.69) is 10.1 Å². The lowest BCUT2D eigenvalue weighted by atomic mass is 10.1. The van der Waals surface area contributed by atoms with Crippen LogP contribution in [0, 0.1) is 0 Å². The van der Waals surface area contributed by atoms with Gasteiger partial charge in [0, 0.05) is 0 Å². The van der Waals surface area contributed by atoms with Crippen LogP contribution in [0.3, 0.4) is 0 Å². The highest BCUT2D eigenvalue weighted by Crippen LogP contribution is 2.30. The predicted molar refractivity (Wildman–Crippen MR) is 110 cm³/mol. The molecule has 0 spiro atoms. The van der Waals surface area contributed by atoms with Crippen molar-refractivity contribution in [3.63, 3.8) is 0 Å². The highest BCUT2D eigenvalue weighted by molar-refractivity contribution is 5.96. The van der Waals surface area contributed by atoms with Crippen LogP contribution in [0.2, 0.25) is 0 Å². The molecular formula is C22H17F3N4O3. The number of hydrogen-bond acceptors (Lipinski definition) is 5. The largest absolute Gasteiger partial charge is 0.491 e. The molecular weight excluding hydrogens is 425 g/mol. The second kappa shape index (κ2) is 8.29. The molecule has 0 aliphatic rings. The number of benzene rings is 2. The van der Waals surface area contributed by atoms with Crippen molar-refractivity contribution in [3.8, 4) is 11.4 Å². The highest BCUT2D eigenvalue weighted by Gasteiger charge is 2.30. The van der Waals surface area contributed by atoms with Crippen molar-refractivity contribution in [2.45, 2.75) is 19.6 Å². The summed E-state index contributed by atoms with van der Waals surface area (Å²) in [5.41, 5.74) is -0.500. The minimum Gasteiger partial charge on any atom is -0.491 e. The molecule has 2 heterocycles. The Labute approximate surface area is 179 Å². The van der Waals surface area contributed by atoms with Gasteiger partial charge in [-0.25, -0.2) is 9.67 Å². The van der Waals surface area contributed by atoms with E-state index in [1.54, 1.807) is 24.3 Å². The van der Waals surface area contributed by atoms with Gasteiger partial charge >= 0.3 is 6.18 Å². The van der Waals surface area contributed by atoms with Gasteiger partial charge in [-0.2, -0.15) is 18.3 Å². The maximum atomic E-state index is 13.0. The summed E-state index contributed by atoms with van der Waals surface area (Å²) in [6, 6.07) is 11.4. The van der Waals surface area contributed by atoms with Crippen LogP contribution in [0.1, 0.15) is 22.8 Å². The van der Waals surface area contributed by atoms with Gasteiger partial charge in [0.2, 0.25) is 0 Å². The maximum Gasteiger partial charge on any atom is 0.416 e. The van der Waals surface area contributed by atoms with Crippen molar-refractivity contribution in [2.24, 2.45) is 0 Å². The zero-order chi connectivity index (χ0) is 22.9. The predicted octanol–water partition coefficient (Wildman–Crippen LogP) is 3.88. The van der Waals surface area contributed by atoms with E-state index in [4.69, 9.17) is 4.74 Å². The van der Waals surface area contributed by atoms with Crippen molar-refractivity contribution < 1.29 is 22.7 Å². The summed E-state index contributed by atoms with van der Waals surface area (Å²) in [7, 11) is 0. The molecule has 0 atom stereocenters. The van der Waals surface area contributed by atoms with Gasteiger partial charge in [-0.1, -0.05) is 18.2 Å². The van der Waals surface area contributed by atoms with Gasteiger partial charge in [-0.15, -0.1) is 0 Å². The first-order valence-corrected chi connectivity index (χ1v) is 9.59. The third-order valence-corrected chi connectivity index (χ3v) is 4.83. The Kier molecular flexibility index (Phi) is 5.52. The lowest BCUT2D eigenvalue weighted by Gasteiger charge is -2.11. The molecule has 2 aromatic heterocycles. The van der Waals surface area contributed by atoms with Crippen LogP contribution in [0.4, 0.5) is 13.2 Å². The van der Waals surface area contributed by atoms with Crippen molar-refractivity contribution in [3.05, 3.63) is 82.5 Å². The molecule has 10 heteroatoms. The van der Waals surface area contributed by atoms with Crippen molar-refractivity contribution in [1.29, 1.82) is 0 Å². The number of ketones is 1. The van der Waals surface area contributed by atoms with Gasteiger partial charge in [-0.3, -0.25) is 14.2 Å². The van der Waals surface area contributed by atoms with E-state index in [0.29, 0.717) is 11.3 Å². The van der Waals surface area contributed by atoms with Gasteiger partial charge in [0.15, 0.2) is 11.4 Å². The number of alkyl halides is 3. The second-order valence-electron chi connectivity index (χ2n) is 6.99. The fourth-order valence-corrected chi connectivity index (χ4v) is 3.25. The number of para-hydroxylation sites is 1. The average Bonchev–Trinajstić information content (AvgIpc) is 3.20. The Morgan fingerprint density at radius 1 is 1.12 bits per heavy atom. The number of nitrogens with zero attached hydrogens (tertiary/aromatic N) is 4. The Bertz CT molecular complexity index is 1360. The molecule has 4 aromatic rings. The summed E-state index contributed by atoms with van der Waals surface area (Å²) in [4.78, 5) is 28.7. The van der Waals surface area contributed by atoms with Crippen LogP contribution in [0.15, 0.2) is 65.8 Å². The van der Waals surface area contributed by atoms with Crippen LogP contribution in [0.5, 0.6) is 5.75 Å². The molecule has 0 saturated carbocycles. The minimum absolute atomic E-state index is 0.110. The topological polar surface area (TPSA) is 79.0 Å². The Hall–Kier alpha value is -3.95. The van der Waals surface area contributed by atoms with Gasteiger partial charge in [0.25, 0.3) is 5.56 Å². The fraction of sp³-hybridized carbons (Fsp3) is 0.182. The summed E-state index contributed by atoms with van der Waals surface area (Å²) < 4.78 is 47.2. The van der Waals surface area contributed by atoms with E-state index in [1.165, 1.54) is 40.8 Å². The minimum atomic E-state index is -4.50. The van der Waals surface area contributed by atoms with Crippen LogP contribution < -0.4 is 10.3 Å². The first-order valence-electron chi connectivity index (χ1n) is 9.59. The van der Waals surface area contributed by atoms with Crippen molar-refractivity contribution in [1.82, 2.24) is 19.3 Å². The highest BCUT2D eigenvalue weighted by atomic mass is 19.4. The van der Waals surface area contributed by atoms with E-state index in [9.17, 15) is 22.8 Å². The van der Waals surface area contributed by atoms with Crippen LogP contribution in [-0.2, 0) is 12.7 Å². The lowest BCUT2D eigenvalue weighted by molar-refractivity contribution is -0.137. The van der Waals surface area contributed by atoms with E-state index in [-0.39, 0.29) is 35.7 Å². The van der Waals surface area contributed by atoms with E-state index >= 15 is 0 Å². The third kappa shape index (κ3) is 4.11. The fourth-order valence-electron chi connectivity index (χ4n) is 3.25. The molecule has 32 heavy (non-hydrogen) atoms. The molecule has 2 aromatic carbocycles. The Morgan fingerprint density at radius 3 is 2.66 bits per heavy atom. The monoisotopic (exact) mass is 442 g/mol. The zero-order valence-corrected chi connectivity index (χ0v) is 16.8. The zero-order valence-electron chi connectivity index (χ0n) is 16.8. The van der Waals surface area contributed by atoms with Crippen molar-refractivity contribution >= 4 is 16.8 Å². The summed E-state index contributed by atoms with van der Waals surface area (Å²) in [6.07, 6.45) is -1.94. The number of aromatic nitrogens is 4. The molecule has 0 N–H and O–H groups in total. The van der Waals surface area contributed by atoms with E-state index < -0.39 is 17.3 Å². The summed E-state index contributed by atoms with van der Waals surface area (Å²) in [6.45, 7) is 1.70. The van der Waals surface area contributed by atoms with Crippen LogP contribution in [-0.4, -0.2) is 31.7 Å². The van der Waals surface area contributed by atoms with Crippen molar-refractivity contribution in [2.75, 3.05) is 6.61 Å². The number of carbonyl (C=O) groups is 1. The summed E-state index contributed by atoms with van der Waals surface area (Å²) >= 11 is 0. The Balaban J connectivity index is 1.58. The number of halogens is 3. The summed E-state index contributed by atoms with van der Waals surface area (Å²) in [5, 5.41) is 4.22. The normalized spacial score (nSPS) is 11.6. The molecule has 0 fully saturated rings. The maximum absolute atomic E-state index is 13.0. The first kappa shape index (κ1) is 21.3. The second-order valence-corrected chi connectivity index (χ2v) is 6.99. The lowest BCUT2D eigenvalue weighted by Crippen LogP contribution is -2.23. The standard InChI is InChI=1S/C22H17F3N4O3/c1-14(30)17-7-2-3-8-19(17)32-10-9-28-13-26-20-18(21(28)31)12-27-29(20)16-6-4-5-15(11-16)22(23,24)25/h2-8,11-13H,9-10H2,1H3. The molecule has 4 rings (SSSR count). The SMILES string of the molecule is CC(=O)c1ccccc1OCCn1cnc2c(cnn2-c2cccc(C(F)(F)F)c2)c1=O. The quantitative estimate of drug-likeness (QED) is 0.424. The molecule has 0 saturated heterocycles. The Morgan fingerprint density at radius 2 is 1.91 bits per heavy atom. The molecule has 0 amide bonds. The number of ether oxygens (including phenoxy) is 1. The molecule has 0 radical (unpaired) electrons. The molecule has 0 bridgehead atoms. The van der Waals surface area contributed by atoms with E-state index in [0.717, 1.165) is 12.1 Å². The first-order chi connectivity index (χ1) is 15.3. The number of hydrogen-bond donors (Lipinski definition) is 0. The number of Topliss-reactive ketones (excluding diaryl/α,β-unsaturated/α-hetero) is 1. The molecule has 0 aliphatic carbocycles. The average molecular weight is 442 g/mol. The third-order valence-electron chi connectivity index (χ3n) is 4.83. The van der Waals surface area contributed by atoms with Gasteiger partial charge in [0.05, 0.1) is 29.6 Å². The summed E-state index contributed by atoms with van der Waals surface area (Å²) in [5.74, 6) is 0.280. The number of carbonyl (C=O) groups excluding carboxylic acids is 1. The number of fused-ring (bicyclic) bond motifs is 1. The number of rotatable bonds is 6. The molecule has 0 aliphatic heterocycles.